The molecule has 0 N–H and O–H groups in total. The van der Waals surface area contributed by atoms with Crippen molar-refractivity contribution in [1.29, 1.82) is 0 Å². The number of carbonyl (C=O) groups is 1. The summed E-state index contributed by atoms with van der Waals surface area (Å²) in [7, 11) is -4.06. The van der Waals surface area contributed by atoms with Gasteiger partial charge in [-0.25, -0.2) is 12.8 Å². The Bertz CT molecular complexity index is 1210. The molecule has 1 saturated heterocycles. The molecule has 0 bridgehead atoms. The maximum absolute atomic E-state index is 13.4. The number of hydrogen-bond donors (Lipinski definition) is 0. The molecule has 0 saturated carbocycles. The second kappa shape index (κ2) is 8.14. The Morgan fingerprint density at radius 1 is 1.06 bits per heavy atom. The molecule has 1 fully saturated rings. The number of oxazole rings is 1. The van der Waals surface area contributed by atoms with Gasteiger partial charge in [0.25, 0.3) is 0 Å². The zero-order chi connectivity index (χ0) is 22.2. The fourth-order valence-corrected chi connectivity index (χ4v) is 4.85. The maximum Gasteiger partial charge on any atom is 0.236 e. The number of nitrogens with zero attached hydrogens (tertiary/aromatic N) is 3. The van der Waals surface area contributed by atoms with Crippen molar-refractivity contribution in [2.45, 2.75) is 23.8 Å². The molecule has 0 unspecified atom stereocenters. The van der Waals surface area contributed by atoms with Gasteiger partial charge in [0.2, 0.25) is 32.5 Å². The average Bonchev–Trinajstić information content (AvgIpc) is 3.21. The van der Waals surface area contributed by atoms with Crippen LogP contribution in [0.25, 0.3) is 11.5 Å². The Kier molecular flexibility index (Phi) is 5.53. The summed E-state index contributed by atoms with van der Waals surface area (Å²) in [5.41, 5.74) is 1.64. The van der Waals surface area contributed by atoms with Crippen LogP contribution in [-0.2, 0) is 14.6 Å². The smallest absolute Gasteiger partial charge is 0.236 e. The van der Waals surface area contributed by atoms with Crippen LogP contribution in [-0.4, -0.2) is 50.4 Å². The highest BCUT2D eigenvalue weighted by Crippen LogP contribution is 2.35. The summed E-state index contributed by atoms with van der Waals surface area (Å²) < 4.78 is 46.0. The number of aryl methyl sites for hydroxylation is 1. The van der Waals surface area contributed by atoms with Crippen molar-refractivity contribution in [3.8, 4) is 11.5 Å². The zero-order valence-electron chi connectivity index (χ0n) is 17.2. The van der Waals surface area contributed by atoms with E-state index in [9.17, 15) is 17.6 Å². The predicted octanol–water partition coefficient (Wildman–Crippen LogP) is 3.29. The highest BCUT2D eigenvalue weighted by molar-refractivity contribution is 7.91. The molecule has 7 nitrogen and oxygen atoms in total. The van der Waals surface area contributed by atoms with E-state index < -0.39 is 15.7 Å². The first-order valence-electron chi connectivity index (χ1n) is 9.85. The lowest BCUT2D eigenvalue weighted by Crippen LogP contribution is -2.48. The van der Waals surface area contributed by atoms with Gasteiger partial charge in [-0.3, -0.25) is 4.79 Å². The number of amides is 1. The van der Waals surface area contributed by atoms with Crippen molar-refractivity contribution in [3.63, 3.8) is 0 Å². The highest BCUT2D eigenvalue weighted by atomic mass is 32.2. The number of anilines is 1. The third kappa shape index (κ3) is 4.18. The van der Waals surface area contributed by atoms with Gasteiger partial charge in [0, 0.05) is 38.7 Å². The first-order chi connectivity index (χ1) is 14.8. The highest BCUT2D eigenvalue weighted by Gasteiger charge is 2.33. The summed E-state index contributed by atoms with van der Waals surface area (Å²) in [6.45, 7) is 5.15. The second-order valence-corrected chi connectivity index (χ2v) is 9.31. The quantitative estimate of drug-likeness (QED) is 0.576. The van der Waals surface area contributed by atoms with Crippen molar-refractivity contribution in [2.24, 2.45) is 0 Å². The Balaban J connectivity index is 1.79. The Labute approximate surface area is 180 Å². The van der Waals surface area contributed by atoms with Crippen LogP contribution in [0.1, 0.15) is 12.5 Å². The molecule has 0 atom stereocenters. The van der Waals surface area contributed by atoms with Gasteiger partial charge < -0.3 is 14.2 Å². The number of halogens is 1. The normalized spacial score (nSPS) is 14.7. The molecule has 1 aliphatic rings. The molecule has 0 aliphatic carbocycles. The van der Waals surface area contributed by atoms with E-state index in [0.29, 0.717) is 31.7 Å². The number of piperazine rings is 1. The summed E-state index contributed by atoms with van der Waals surface area (Å²) in [6, 6.07) is 12.0. The number of benzene rings is 2. The Morgan fingerprint density at radius 3 is 2.35 bits per heavy atom. The first kappa shape index (κ1) is 21.0. The molecular weight excluding hydrogens is 421 g/mol. The SMILES string of the molecule is CC(=O)N1CCN(c2oc(-c3cccc(C)c3)nc2S(=O)(=O)c2ccc(F)cc2)CC1. The van der Waals surface area contributed by atoms with E-state index in [1.807, 2.05) is 25.1 Å². The van der Waals surface area contributed by atoms with Crippen molar-refractivity contribution >= 4 is 21.6 Å². The van der Waals surface area contributed by atoms with E-state index in [-0.39, 0.29) is 27.6 Å². The van der Waals surface area contributed by atoms with Crippen molar-refractivity contribution in [3.05, 3.63) is 59.9 Å². The van der Waals surface area contributed by atoms with E-state index >= 15 is 0 Å². The van der Waals surface area contributed by atoms with Crippen LogP contribution in [0.15, 0.2) is 62.9 Å². The maximum atomic E-state index is 13.4. The molecule has 0 spiro atoms. The van der Waals surface area contributed by atoms with E-state index in [1.54, 1.807) is 15.9 Å². The molecule has 4 rings (SSSR count). The van der Waals surface area contributed by atoms with Gasteiger partial charge in [-0.2, -0.15) is 4.98 Å². The van der Waals surface area contributed by atoms with Gasteiger partial charge in [0.1, 0.15) is 5.82 Å². The lowest BCUT2D eigenvalue weighted by molar-refractivity contribution is -0.129. The fraction of sp³-hybridized carbons (Fsp3) is 0.273. The molecular formula is C22H22FN3O4S. The minimum Gasteiger partial charge on any atom is -0.419 e. The van der Waals surface area contributed by atoms with E-state index in [0.717, 1.165) is 17.7 Å². The molecule has 0 radical (unpaired) electrons. The van der Waals surface area contributed by atoms with Crippen LogP contribution < -0.4 is 4.90 Å². The monoisotopic (exact) mass is 443 g/mol. The first-order valence-corrected chi connectivity index (χ1v) is 11.3. The summed E-state index contributed by atoms with van der Waals surface area (Å²) in [5.74, 6) is -0.241. The van der Waals surface area contributed by atoms with E-state index in [2.05, 4.69) is 4.98 Å². The van der Waals surface area contributed by atoms with Gasteiger partial charge in [-0.15, -0.1) is 0 Å². The van der Waals surface area contributed by atoms with Crippen LogP contribution in [0, 0.1) is 12.7 Å². The standard InChI is InChI=1S/C22H22FN3O4S/c1-15-4-3-5-17(14-15)20-24-21(31(28,29)19-8-6-18(23)7-9-19)22(30-20)26-12-10-25(11-13-26)16(2)27/h3-9,14H,10-13H2,1-2H3. The van der Waals surface area contributed by atoms with Crippen molar-refractivity contribution < 1.29 is 22.0 Å². The minimum atomic E-state index is -4.06. The average molecular weight is 444 g/mol. The summed E-state index contributed by atoms with van der Waals surface area (Å²) in [6.07, 6.45) is 0. The number of hydrogen-bond acceptors (Lipinski definition) is 6. The number of sulfone groups is 1. The third-order valence-electron chi connectivity index (χ3n) is 5.24. The van der Waals surface area contributed by atoms with E-state index in [1.165, 1.54) is 19.1 Å². The van der Waals surface area contributed by atoms with Crippen LogP contribution in [0.5, 0.6) is 0 Å². The van der Waals surface area contributed by atoms with Gasteiger partial charge in [0.05, 0.1) is 4.90 Å². The molecule has 9 heteroatoms. The molecule has 3 aromatic rings. The van der Waals surface area contributed by atoms with Crippen molar-refractivity contribution in [1.82, 2.24) is 9.88 Å². The predicted molar refractivity (Wildman–Crippen MR) is 113 cm³/mol. The lowest BCUT2D eigenvalue weighted by Gasteiger charge is -2.34. The van der Waals surface area contributed by atoms with Crippen LogP contribution >= 0.6 is 0 Å². The topological polar surface area (TPSA) is 83.7 Å². The second-order valence-electron chi connectivity index (χ2n) is 7.45. The molecule has 1 aromatic heterocycles. The summed E-state index contributed by atoms with van der Waals surface area (Å²) >= 11 is 0. The molecule has 2 aromatic carbocycles. The molecule has 1 aliphatic heterocycles. The fourth-order valence-electron chi connectivity index (χ4n) is 3.52. The summed E-state index contributed by atoms with van der Waals surface area (Å²) in [5, 5.41) is -0.216. The summed E-state index contributed by atoms with van der Waals surface area (Å²) in [4.78, 5) is 19.4. The Morgan fingerprint density at radius 2 is 1.74 bits per heavy atom. The third-order valence-corrected chi connectivity index (χ3v) is 6.90. The van der Waals surface area contributed by atoms with Crippen LogP contribution in [0.3, 0.4) is 0 Å². The molecule has 31 heavy (non-hydrogen) atoms. The van der Waals surface area contributed by atoms with Gasteiger partial charge in [-0.05, 0) is 43.3 Å². The number of aromatic nitrogens is 1. The van der Waals surface area contributed by atoms with Crippen molar-refractivity contribution in [2.75, 3.05) is 31.1 Å². The minimum absolute atomic E-state index is 0.0307. The largest absolute Gasteiger partial charge is 0.419 e. The molecule has 162 valence electrons. The van der Waals surface area contributed by atoms with E-state index in [4.69, 9.17) is 4.42 Å². The zero-order valence-corrected chi connectivity index (χ0v) is 18.0. The van der Waals surface area contributed by atoms with Gasteiger partial charge >= 0.3 is 0 Å². The lowest BCUT2D eigenvalue weighted by atomic mass is 10.1. The van der Waals surface area contributed by atoms with Gasteiger partial charge in [0.15, 0.2) is 0 Å². The number of rotatable bonds is 4. The number of carbonyl (C=O) groups excluding carboxylic acids is 1. The van der Waals surface area contributed by atoms with Gasteiger partial charge in [-0.1, -0.05) is 17.7 Å². The van der Waals surface area contributed by atoms with Crippen LogP contribution in [0.4, 0.5) is 10.3 Å². The molecule has 2 heterocycles. The Hall–Kier alpha value is -3.20. The van der Waals surface area contributed by atoms with Crippen LogP contribution in [0.2, 0.25) is 0 Å². The molecule has 1 amide bonds.